The largest absolute Gasteiger partial charge is 0.0582 e. The second-order valence-electron chi connectivity index (χ2n) is 21.2. The summed E-state index contributed by atoms with van der Waals surface area (Å²) in [4.78, 5) is 0. The average Bonchev–Trinajstić information content (AvgIpc) is 3.46. The maximum atomic E-state index is 2.41. The van der Waals surface area contributed by atoms with Crippen LogP contribution in [0, 0.1) is 0 Å². The van der Waals surface area contributed by atoms with E-state index in [1.807, 2.05) is 0 Å². The van der Waals surface area contributed by atoms with Crippen LogP contribution in [0.15, 0.2) is 121 Å². The summed E-state index contributed by atoms with van der Waals surface area (Å²) in [5.41, 5.74) is 18.8. The quantitative estimate of drug-likeness (QED) is 0.169. The van der Waals surface area contributed by atoms with Gasteiger partial charge in [0.2, 0.25) is 0 Å². The minimum atomic E-state index is 0.0181. The van der Waals surface area contributed by atoms with Crippen molar-refractivity contribution in [2.24, 2.45) is 0 Å². The predicted molar refractivity (Wildman–Crippen MR) is 242 cm³/mol. The van der Waals surface area contributed by atoms with Crippen molar-refractivity contribution < 1.29 is 0 Å². The highest BCUT2D eigenvalue weighted by molar-refractivity contribution is 6.29. The molecule has 286 valence electrons. The van der Waals surface area contributed by atoms with Crippen LogP contribution >= 0.6 is 0 Å². The number of rotatable bonds is 5. The minimum absolute atomic E-state index is 0.0181. The van der Waals surface area contributed by atoms with Crippen molar-refractivity contribution in [2.75, 3.05) is 0 Å². The average molecular weight is 727 g/mol. The third kappa shape index (κ3) is 8.40. The van der Waals surface area contributed by atoms with Gasteiger partial charge in [0.15, 0.2) is 0 Å². The van der Waals surface area contributed by atoms with Crippen LogP contribution in [0.5, 0.6) is 0 Å². The molecule has 0 radical (unpaired) electrons. The lowest BCUT2D eigenvalue weighted by molar-refractivity contribution is 0.589. The summed E-state index contributed by atoms with van der Waals surface area (Å²) >= 11 is 0. The molecule has 0 bridgehead atoms. The van der Waals surface area contributed by atoms with E-state index in [-0.39, 0.29) is 33.0 Å². The van der Waals surface area contributed by atoms with Crippen LogP contribution in [0.25, 0.3) is 22.3 Å². The Hall–Kier alpha value is -4.42. The number of hydrogen-bond acceptors (Lipinski definition) is 0. The molecule has 0 nitrogen and oxygen atoms in total. The van der Waals surface area contributed by atoms with E-state index in [0.29, 0.717) is 0 Å². The van der Waals surface area contributed by atoms with Gasteiger partial charge in [0.1, 0.15) is 0 Å². The molecule has 0 fully saturated rings. The van der Waals surface area contributed by atoms with Crippen molar-refractivity contribution in [2.45, 2.75) is 137 Å². The second kappa shape index (κ2) is 14.3. The van der Waals surface area contributed by atoms with Gasteiger partial charge in [-0.2, -0.15) is 0 Å². The first-order chi connectivity index (χ1) is 25.4. The smallest absolute Gasteiger partial charge is 0.0364 e. The Morgan fingerprint density at radius 1 is 0.255 bits per heavy atom. The van der Waals surface area contributed by atoms with Gasteiger partial charge in [0.05, 0.1) is 0 Å². The third-order valence-corrected chi connectivity index (χ3v) is 11.7. The summed E-state index contributed by atoms with van der Waals surface area (Å²) in [6.45, 7) is 34.6. The molecular formula is C55H66. The van der Waals surface area contributed by atoms with E-state index >= 15 is 0 Å². The van der Waals surface area contributed by atoms with Crippen LogP contribution in [-0.2, 0) is 27.1 Å². The van der Waals surface area contributed by atoms with Crippen molar-refractivity contribution in [3.8, 4) is 0 Å². The zero-order chi connectivity index (χ0) is 40.3. The molecular weight excluding hydrogens is 661 g/mol. The Morgan fingerprint density at radius 2 is 0.455 bits per heavy atom. The van der Waals surface area contributed by atoms with Gasteiger partial charge in [-0.05, 0) is 105 Å². The molecule has 55 heavy (non-hydrogen) atoms. The fourth-order valence-corrected chi connectivity index (χ4v) is 8.01. The van der Waals surface area contributed by atoms with E-state index in [1.54, 1.807) is 0 Å². The van der Waals surface area contributed by atoms with Crippen LogP contribution in [-0.4, -0.2) is 0 Å². The SMILES string of the molecule is CC(C)(C)c1ccc(C2=C(c3ccc(C(C)(C)C)cc3)C(c3ccc(C(C)(C)C)cc3)C(c3ccc(C(C)(C)C)cc3)=C2c2ccc(C(C)(C)C)cc2)cc1. The number of hydrogen-bond donors (Lipinski definition) is 0. The van der Waals surface area contributed by atoms with Crippen molar-refractivity contribution in [3.63, 3.8) is 0 Å². The monoisotopic (exact) mass is 727 g/mol. The fraction of sp³-hybridized carbons (Fsp3) is 0.382. The van der Waals surface area contributed by atoms with Gasteiger partial charge in [0.25, 0.3) is 0 Å². The molecule has 0 spiro atoms. The van der Waals surface area contributed by atoms with Crippen LogP contribution in [0.2, 0.25) is 0 Å². The third-order valence-electron chi connectivity index (χ3n) is 11.7. The van der Waals surface area contributed by atoms with Gasteiger partial charge in [-0.3, -0.25) is 0 Å². The van der Waals surface area contributed by atoms with Crippen LogP contribution < -0.4 is 0 Å². The summed E-state index contributed by atoms with van der Waals surface area (Å²) in [5, 5.41) is 0. The van der Waals surface area contributed by atoms with Gasteiger partial charge < -0.3 is 0 Å². The zero-order valence-electron chi connectivity index (χ0n) is 36.6. The highest BCUT2D eigenvalue weighted by Gasteiger charge is 2.38. The number of allylic oxidation sites excluding steroid dienone is 4. The molecule has 0 N–H and O–H groups in total. The Labute approximate surface area is 334 Å². The summed E-state index contributed by atoms with van der Waals surface area (Å²) in [7, 11) is 0. The van der Waals surface area contributed by atoms with E-state index in [4.69, 9.17) is 0 Å². The van der Waals surface area contributed by atoms with Crippen molar-refractivity contribution in [1.82, 2.24) is 0 Å². The molecule has 0 saturated carbocycles. The lowest BCUT2D eigenvalue weighted by Gasteiger charge is -2.25. The maximum Gasteiger partial charge on any atom is 0.0364 e. The Bertz CT molecular complexity index is 2040. The molecule has 1 aliphatic rings. The molecule has 0 saturated heterocycles. The molecule has 1 aliphatic carbocycles. The topological polar surface area (TPSA) is 0 Å². The van der Waals surface area contributed by atoms with E-state index < -0.39 is 0 Å². The summed E-state index contributed by atoms with van der Waals surface area (Å²) in [6.07, 6.45) is 0. The summed E-state index contributed by atoms with van der Waals surface area (Å²) in [6, 6.07) is 47.5. The van der Waals surface area contributed by atoms with E-state index in [9.17, 15) is 0 Å². The van der Waals surface area contributed by atoms with Crippen molar-refractivity contribution in [3.05, 3.63) is 177 Å². The molecule has 0 unspecified atom stereocenters. The van der Waals surface area contributed by atoms with E-state index in [2.05, 4.69) is 225 Å². The lowest BCUT2D eigenvalue weighted by atomic mass is 9.78. The zero-order valence-corrected chi connectivity index (χ0v) is 36.6. The lowest BCUT2D eigenvalue weighted by Crippen LogP contribution is -2.12. The summed E-state index contributed by atoms with van der Waals surface area (Å²) < 4.78 is 0. The molecule has 0 aliphatic heterocycles. The van der Waals surface area contributed by atoms with Crippen molar-refractivity contribution in [1.29, 1.82) is 0 Å². The van der Waals surface area contributed by atoms with Crippen LogP contribution in [0.3, 0.4) is 0 Å². The minimum Gasteiger partial charge on any atom is -0.0582 e. The van der Waals surface area contributed by atoms with Gasteiger partial charge in [-0.1, -0.05) is 225 Å². The van der Waals surface area contributed by atoms with Gasteiger partial charge in [-0.25, -0.2) is 0 Å². The first kappa shape index (κ1) is 40.2. The van der Waals surface area contributed by atoms with Crippen LogP contribution in [0.4, 0.5) is 0 Å². The highest BCUT2D eigenvalue weighted by Crippen LogP contribution is 2.59. The van der Waals surface area contributed by atoms with E-state index in [0.717, 1.165) is 0 Å². The molecule has 0 heteroatoms. The van der Waals surface area contributed by atoms with Gasteiger partial charge >= 0.3 is 0 Å². The number of benzene rings is 5. The molecule has 5 aromatic rings. The molecule has 6 rings (SSSR count). The highest BCUT2D eigenvalue weighted by atomic mass is 14.4. The second-order valence-corrected chi connectivity index (χ2v) is 21.2. The molecule has 0 heterocycles. The van der Waals surface area contributed by atoms with E-state index in [1.165, 1.54) is 77.9 Å². The first-order valence-corrected chi connectivity index (χ1v) is 20.5. The standard InChI is InChI=1S/C55H66/c1-51(2,3)41-26-16-36(17-27-41)46-47(37-18-28-42(29-19-37)52(4,5)6)49(39-22-32-44(33-23-39)54(10,11)12)50(40-24-34-45(35-25-40)55(13,14)15)48(46)38-20-30-43(31-21-38)53(7,8)9/h16-35,46H,1-15H3. The fourth-order valence-electron chi connectivity index (χ4n) is 8.01. The van der Waals surface area contributed by atoms with Crippen LogP contribution in [0.1, 0.15) is 165 Å². The first-order valence-electron chi connectivity index (χ1n) is 20.5. The summed E-state index contributed by atoms with van der Waals surface area (Å²) in [5.74, 6) is 0.0181. The molecule has 0 atom stereocenters. The van der Waals surface area contributed by atoms with Crippen molar-refractivity contribution >= 4 is 22.3 Å². The Morgan fingerprint density at radius 3 is 0.673 bits per heavy atom. The molecule has 0 aromatic heterocycles. The predicted octanol–water partition coefficient (Wildman–Crippen LogP) is 15.5. The van der Waals surface area contributed by atoms with Gasteiger partial charge in [-0.15, -0.1) is 0 Å². The molecule has 0 amide bonds. The molecule has 5 aromatic carbocycles. The van der Waals surface area contributed by atoms with Gasteiger partial charge in [0, 0.05) is 5.92 Å². The Kier molecular flexibility index (Phi) is 10.4. The normalized spacial score (nSPS) is 15.0. The Balaban J connectivity index is 1.76. The maximum absolute atomic E-state index is 2.41.